The first-order valence-electron chi connectivity index (χ1n) is 8.13. The van der Waals surface area contributed by atoms with E-state index in [4.69, 9.17) is 9.88 Å². The van der Waals surface area contributed by atoms with Crippen LogP contribution in [0.15, 0.2) is 83.8 Å². The topological polar surface area (TPSA) is 98.5 Å². The second-order valence-electron chi connectivity index (χ2n) is 5.80. The van der Waals surface area contributed by atoms with Crippen LogP contribution in [0.2, 0.25) is 0 Å². The Hall–Kier alpha value is -3.16. The second kappa shape index (κ2) is 8.03. The van der Waals surface area contributed by atoms with Crippen molar-refractivity contribution in [2.75, 3.05) is 11.9 Å². The van der Waals surface area contributed by atoms with Gasteiger partial charge in [0.2, 0.25) is 10.0 Å². The van der Waals surface area contributed by atoms with Gasteiger partial charge >= 0.3 is 0 Å². The highest BCUT2D eigenvalue weighted by Crippen LogP contribution is 2.22. The molecule has 0 saturated heterocycles. The lowest BCUT2D eigenvalue weighted by molar-refractivity contribution is -0.118. The molecule has 0 heterocycles. The molecule has 0 fully saturated rings. The first-order valence-corrected chi connectivity index (χ1v) is 9.67. The van der Waals surface area contributed by atoms with Crippen LogP contribution in [0.25, 0.3) is 11.1 Å². The van der Waals surface area contributed by atoms with Crippen LogP contribution in [0.4, 0.5) is 5.69 Å². The van der Waals surface area contributed by atoms with E-state index in [-0.39, 0.29) is 11.5 Å². The molecule has 0 aromatic heterocycles. The van der Waals surface area contributed by atoms with E-state index in [0.717, 1.165) is 11.1 Å². The molecule has 3 aromatic rings. The molecular formula is C20H18N2O4S. The monoisotopic (exact) mass is 382 g/mol. The van der Waals surface area contributed by atoms with Crippen molar-refractivity contribution < 1.29 is 17.9 Å². The molecule has 3 aromatic carbocycles. The zero-order chi connectivity index (χ0) is 19.3. The molecule has 6 nitrogen and oxygen atoms in total. The minimum Gasteiger partial charge on any atom is -0.484 e. The largest absolute Gasteiger partial charge is 0.484 e. The van der Waals surface area contributed by atoms with Crippen molar-refractivity contribution in [3.63, 3.8) is 0 Å². The molecule has 0 aliphatic rings. The summed E-state index contributed by atoms with van der Waals surface area (Å²) < 4.78 is 28.2. The Labute approximate surface area is 157 Å². The van der Waals surface area contributed by atoms with Crippen LogP contribution in [0.3, 0.4) is 0 Å². The SMILES string of the molecule is NS(=O)(=O)c1cccc(NC(=O)COc2ccc(-c3ccccc3)cc2)c1. The number of benzene rings is 3. The van der Waals surface area contributed by atoms with Crippen LogP contribution in [0.5, 0.6) is 5.75 Å². The summed E-state index contributed by atoms with van der Waals surface area (Å²) in [5.41, 5.74) is 2.47. The van der Waals surface area contributed by atoms with Gasteiger partial charge in [-0.2, -0.15) is 0 Å². The molecule has 1 amide bonds. The van der Waals surface area contributed by atoms with E-state index in [2.05, 4.69) is 5.32 Å². The molecule has 138 valence electrons. The molecule has 3 rings (SSSR count). The fourth-order valence-corrected chi connectivity index (χ4v) is 3.03. The summed E-state index contributed by atoms with van der Waals surface area (Å²) in [6, 6.07) is 23.0. The fourth-order valence-electron chi connectivity index (χ4n) is 2.47. The van der Waals surface area contributed by atoms with Crippen LogP contribution in [-0.4, -0.2) is 20.9 Å². The number of sulfonamides is 1. The van der Waals surface area contributed by atoms with Gasteiger partial charge in [-0.05, 0) is 41.5 Å². The third kappa shape index (κ3) is 5.16. The van der Waals surface area contributed by atoms with Crippen molar-refractivity contribution in [3.05, 3.63) is 78.9 Å². The maximum atomic E-state index is 12.0. The standard InChI is InChI=1S/C20H18N2O4S/c21-27(24,25)19-8-4-7-17(13-19)22-20(23)14-26-18-11-9-16(10-12-18)15-5-2-1-3-6-15/h1-13H,14H2,(H,22,23)(H2,21,24,25). The number of nitrogens with two attached hydrogens (primary N) is 1. The van der Waals surface area contributed by atoms with Crippen LogP contribution in [0, 0.1) is 0 Å². The molecule has 0 radical (unpaired) electrons. The Morgan fingerprint density at radius 1 is 0.889 bits per heavy atom. The lowest BCUT2D eigenvalue weighted by Crippen LogP contribution is -2.20. The normalized spacial score (nSPS) is 11.0. The Morgan fingerprint density at radius 3 is 2.22 bits per heavy atom. The molecule has 0 spiro atoms. The maximum absolute atomic E-state index is 12.0. The van der Waals surface area contributed by atoms with Gasteiger partial charge in [-0.15, -0.1) is 0 Å². The summed E-state index contributed by atoms with van der Waals surface area (Å²) in [6.07, 6.45) is 0. The van der Waals surface area contributed by atoms with Gasteiger partial charge < -0.3 is 10.1 Å². The van der Waals surface area contributed by atoms with E-state index in [1.165, 1.54) is 18.2 Å². The van der Waals surface area contributed by atoms with Gasteiger partial charge in [-0.25, -0.2) is 13.6 Å². The van der Waals surface area contributed by atoms with Gasteiger partial charge in [-0.3, -0.25) is 4.79 Å². The Balaban J connectivity index is 1.58. The van der Waals surface area contributed by atoms with Crippen molar-refractivity contribution in [1.29, 1.82) is 0 Å². The molecule has 0 bridgehead atoms. The highest BCUT2D eigenvalue weighted by Gasteiger charge is 2.10. The number of amides is 1. The van der Waals surface area contributed by atoms with Crippen molar-refractivity contribution in [2.24, 2.45) is 5.14 Å². The van der Waals surface area contributed by atoms with Gasteiger partial charge in [0.15, 0.2) is 6.61 Å². The van der Waals surface area contributed by atoms with Crippen LogP contribution >= 0.6 is 0 Å². The molecule has 0 unspecified atom stereocenters. The minimum absolute atomic E-state index is 0.0716. The third-order valence-corrected chi connectivity index (χ3v) is 4.69. The van der Waals surface area contributed by atoms with E-state index in [1.807, 2.05) is 42.5 Å². The first kappa shape index (κ1) is 18.6. The molecule has 7 heteroatoms. The number of anilines is 1. The Kier molecular flexibility index (Phi) is 5.54. The summed E-state index contributed by atoms with van der Waals surface area (Å²) in [6.45, 7) is -0.204. The molecule has 27 heavy (non-hydrogen) atoms. The average Bonchev–Trinajstić information content (AvgIpc) is 2.67. The number of rotatable bonds is 6. The molecular weight excluding hydrogens is 364 g/mol. The van der Waals surface area contributed by atoms with Crippen molar-refractivity contribution >= 4 is 21.6 Å². The quantitative estimate of drug-likeness (QED) is 0.685. The predicted octanol–water partition coefficient (Wildman–Crippen LogP) is 3.02. The summed E-state index contributed by atoms with van der Waals surface area (Å²) in [7, 11) is -3.83. The molecule has 3 N–H and O–H groups in total. The number of carbonyl (C=O) groups is 1. The highest BCUT2D eigenvalue weighted by molar-refractivity contribution is 7.89. The third-order valence-electron chi connectivity index (χ3n) is 3.78. The highest BCUT2D eigenvalue weighted by atomic mass is 32.2. The zero-order valence-electron chi connectivity index (χ0n) is 14.3. The van der Waals surface area contributed by atoms with Crippen LogP contribution < -0.4 is 15.2 Å². The number of hydrogen-bond acceptors (Lipinski definition) is 4. The Morgan fingerprint density at radius 2 is 1.56 bits per heavy atom. The maximum Gasteiger partial charge on any atom is 0.262 e. The summed E-state index contributed by atoms with van der Waals surface area (Å²) >= 11 is 0. The van der Waals surface area contributed by atoms with Gasteiger partial charge in [0.25, 0.3) is 5.91 Å². The molecule has 0 aliphatic heterocycles. The van der Waals surface area contributed by atoms with E-state index in [9.17, 15) is 13.2 Å². The summed E-state index contributed by atoms with van der Waals surface area (Å²) in [5.74, 6) is 0.150. The van der Waals surface area contributed by atoms with Gasteiger partial charge in [-0.1, -0.05) is 48.5 Å². The van der Waals surface area contributed by atoms with Crippen molar-refractivity contribution in [1.82, 2.24) is 0 Å². The smallest absolute Gasteiger partial charge is 0.262 e. The van der Waals surface area contributed by atoms with Crippen LogP contribution in [0.1, 0.15) is 0 Å². The number of nitrogens with one attached hydrogen (secondary N) is 1. The second-order valence-corrected chi connectivity index (χ2v) is 7.36. The average molecular weight is 382 g/mol. The van der Waals surface area contributed by atoms with Gasteiger partial charge in [0, 0.05) is 5.69 Å². The van der Waals surface area contributed by atoms with Crippen molar-refractivity contribution in [3.8, 4) is 16.9 Å². The van der Waals surface area contributed by atoms with Crippen LogP contribution in [-0.2, 0) is 14.8 Å². The van der Waals surface area contributed by atoms with Gasteiger partial charge in [0.05, 0.1) is 4.90 Å². The van der Waals surface area contributed by atoms with Gasteiger partial charge in [0.1, 0.15) is 5.75 Å². The van der Waals surface area contributed by atoms with E-state index >= 15 is 0 Å². The number of carbonyl (C=O) groups excluding carboxylic acids is 1. The lowest BCUT2D eigenvalue weighted by Gasteiger charge is -2.09. The van der Waals surface area contributed by atoms with E-state index in [1.54, 1.807) is 18.2 Å². The molecule has 0 saturated carbocycles. The Bertz CT molecular complexity index is 1030. The first-order chi connectivity index (χ1) is 12.9. The zero-order valence-corrected chi connectivity index (χ0v) is 15.1. The molecule has 0 atom stereocenters. The molecule has 0 aliphatic carbocycles. The summed E-state index contributed by atoms with van der Waals surface area (Å²) in [4.78, 5) is 11.9. The predicted molar refractivity (Wildman–Crippen MR) is 104 cm³/mol. The fraction of sp³-hybridized carbons (Fsp3) is 0.0500. The number of primary sulfonamides is 1. The van der Waals surface area contributed by atoms with E-state index < -0.39 is 15.9 Å². The number of hydrogen-bond donors (Lipinski definition) is 2. The summed E-state index contributed by atoms with van der Waals surface area (Å²) in [5, 5.41) is 7.66. The minimum atomic E-state index is -3.83. The van der Waals surface area contributed by atoms with E-state index in [0.29, 0.717) is 11.4 Å². The van der Waals surface area contributed by atoms with Crippen molar-refractivity contribution in [2.45, 2.75) is 4.90 Å². The number of ether oxygens (including phenoxy) is 1. The lowest BCUT2D eigenvalue weighted by atomic mass is 10.1.